The van der Waals surface area contributed by atoms with E-state index in [2.05, 4.69) is 35.4 Å². The van der Waals surface area contributed by atoms with Crippen molar-refractivity contribution in [1.29, 1.82) is 0 Å². The number of benzene rings is 2. The lowest BCUT2D eigenvalue weighted by atomic mass is 10.1. The summed E-state index contributed by atoms with van der Waals surface area (Å²) >= 11 is 0. The number of fused-ring (bicyclic) bond motifs is 1. The first kappa shape index (κ1) is 13.4. The number of hydrogen-bond acceptors (Lipinski definition) is 3. The van der Waals surface area contributed by atoms with Crippen molar-refractivity contribution in [3.63, 3.8) is 0 Å². The Morgan fingerprint density at radius 2 is 1.90 bits per heavy atom. The maximum Gasteiger partial charge on any atom is 0.121 e. The second-order valence-electron chi connectivity index (χ2n) is 4.88. The van der Waals surface area contributed by atoms with Gasteiger partial charge in [0, 0.05) is 29.0 Å². The van der Waals surface area contributed by atoms with Crippen molar-refractivity contribution in [3.05, 3.63) is 60.3 Å². The summed E-state index contributed by atoms with van der Waals surface area (Å²) in [5.74, 6) is 0.820. The minimum Gasteiger partial charge on any atom is -0.497 e. The van der Waals surface area contributed by atoms with Gasteiger partial charge in [-0.2, -0.15) is 0 Å². The molecule has 3 heteroatoms. The van der Waals surface area contributed by atoms with E-state index in [1.54, 1.807) is 7.11 Å². The molecule has 0 saturated carbocycles. The van der Waals surface area contributed by atoms with Gasteiger partial charge in [-0.15, -0.1) is 0 Å². The minimum atomic E-state index is 0.820. The van der Waals surface area contributed by atoms with E-state index in [9.17, 15) is 0 Å². The van der Waals surface area contributed by atoms with Gasteiger partial charge >= 0.3 is 0 Å². The molecule has 3 aromatic rings. The van der Waals surface area contributed by atoms with Gasteiger partial charge in [-0.3, -0.25) is 4.98 Å². The molecule has 0 unspecified atom stereocenters. The average Bonchev–Trinajstić information content (AvgIpc) is 2.55. The Labute approximate surface area is 124 Å². The molecule has 0 aliphatic heterocycles. The van der Waals surface area contributed by atoms with Crippen LogP contribution in [0.5, 0.6) is 5.75 Å². The summed E-state index contributed by atoms with van der Waals surface area (Å²) in [6.07, 6.45) is 2.82. The van der Waals surface area contributed by atoms with Crippen LogP contribution in [0.3, 0.4) is 0 Å². The Morgan fingerprint density at radius 1 is 1.05 bits per heavy atom. The average molecular weight is 278 g/mol. The topological polar surface area (TPSA) is 34.2 Å². The third-order valence-electron chi connectivity index (χ3n) is 3.62. The van der Waals surface area contributed by atoms with Gasteiger partial charge < -0.3 is 10.1 Å². The van der Waals surface area contributed by atoms with Crippen molar-refractivity contribution in [2.75, 3.05) is 12.4 Å². The molecule has 0 amide bonds. The number of pyridine rings is 1. The number of nitrogens with zero attached hydrogens (tertiary/aromatic N) is 1. The zero-order valence-electron chi connectivity index (χ0n) is 12.3. The summed E-state index contributed by atoms with van der Waals surface area (Å²) in [6, 6.07) is 16.3. The summed E-state index contributed by atoms with van der Waals surface area (Å²) < 4.78 is 5.26. The maximum absolute atomic E-state index is 5.26. The lowest BCUT2D eigenvalue weighted by molar-refractivity contribution is 0.415. The predicted octanol–water partition coefficient (Wildman–Crippen LogP) is 4.55. The van der Waals surface area contributed by atoms with Gasteiger partial charge in [-0.1, -0.05) is 25.1 Å². The highest BCUT2D eigenvalue weighted by Crippen LogP contribution is 2.29. The van der Waals surface area contributed by atoms with Crippen LogP contribution in [0.1, 0.15) is 12.5 Å². The first-order valence-corrected chi connectivity index (χ1v) is 7.09. The number of aryl methyl sites for hydroxylation is 1. The van der Waals surface area contributed by atoms with Crippen LogP contribution in [0.25, 0.3) is 10.9 Å². The molecule has 0 aliphatic rings. The first-order valence-electron chi connectivity index (χ1n) is 7.09. The predicted molar refractivity (Wildman–Crippen MR) is 87.4 cm³/mol. The summed E-state index contributed by atoms with van der Waals surface area (Å²) in [6.45, 7) is 2.16. The number of nitrogens with one attached hydrogen (secondary N) is 1. The molecule has 0 radical (unpaired) electrons. The Morgan fingerprint density at radius 3 is 2.71 bits per heavy atom. The molecule has 0 aliphatic carbocycles. The molecular weight excluding hydrogens is 260 g/mol. The zero-order chi connectivity index (χ0) is 14.7. The molecule has 0 bridgehead atoms. The standard InChI is InChI=1S/C18H18N2O/c1-3-13-6-4-5-7-16(13)20-17-10-11-19-18-12-14(21-2)8-9-15(17)18/h4-12H,3H2,1-2H3,(H,19,20). The fourth-order valence-corrected chi connectivity index (χ4v) is 2.46. The quantitative estimate of drug-likeness (QED) is 0.760. The van der Waals surface area contributed by atoms with Crippen molar-refractivity contribution in [2.45, 2.75) is 13.3 Å². The lowest BCUT2D eigenvalue weighted by Crippen LogP contribution is -1.96. The van der Waals surface area contributed by atoms with E-state index in [4.69, 9.17) is 4.74 Å². The molecule has 0 saturated heterocycles. The molecule has 0 spiro atoms. The van der Waals surface area contributed by atoms with Crippen LogP contribution < -0.4 is 10.1 Å². The molecule has 1 aromatic heterocycles. The number of rotatable bonds is 4. The number of hydrogen-bond donors (Lipinski definition) is 1. The second-order valence-corrected chi connectivity index (χ2v) is 4.88. The molecule has 3 rings (SSSR count). The van der Waals surface area contributed by atoms with E-state index >= 15 is 0 Å². The van der Waals surface area contributed by atoms with Crippen LogP contribution in [0, 0.1) is 0 Å². The molecule has 2 aromatic carbocycles. The number of para-hydroxylation sites is 1. The molecule has 21 heavy (non-hydrogen) atoms. The van der Waals surface area contributed by atoms with Crippen LogP contribution in [-0.4, -0.2) is 12.1 Å². The molecule has 0 atom stereocenters. The molecule has 1 heterocycles. The lowest BCUT2D eigenvalue weighted by Gasteiger charge is -2.13. The van der Waals surface area contributed by atoms with Gasteiger partial charge in [0.2, 0.25) is 0 Å². The van der Waals surface area contributed by atoms with Gasteiger partial charge in [0.25, 0.3) is 0 Å². The highest BCUT2D eigenvalue weighted by atomic mass is 16.5. The number of ether oxygens (including phenoxy) is 1. The third-order valence-corrected chi connectivity index (χ3v) is 3.62. The van der Waals surface area contributed by atoms with Crippen LogP contribution in [0.2, 0.25) is 0 Å². The van der Waals surface area contributed by atoms with Gasteiger partial charge in [-0.25, -0.2) is 0 Å². The summed E-state index contributed by atoms with van der Waals surface area (Å²) in [5.41, 5.74) is 4.43. The Balaban J connectivity index is 2.04. The normalized spacial score (nSPS) is 10.6. The van der Waals surface area contributed by atoms with Gasteiger partial charge in [0.05, 0.1) is 12.6 Å². The molecule has 1 N–H and O–H groups in total. The smallest absolute Gasteiger partial charge is 0.121 e. The Kier molecular flexibility index (Phi) is 3.73. The fraction of sp³-hybridized carbons (Fsp3) is 0.167. The van der Waals surface area contributed by atoms with Crippen LogP contribution in [-0.2, 0) is 6.42 Å². The summed E-state index contributed by atoms with van der Waals surface area (Å²) in [7, 11) is 1.67. The molecule has 0 fully saturated rings. The highest BCUT2D eigenvalue weighted by Gasteiger charge is 2.05. The van der Waals surface area contributed by atoms with E-state index in [1.165, 1.54) is 5.56 Å². The summed E-state index contributed by atoms with van der Waals surface area (Å²) in [5, 5.41) is 4.61. The van der Waals surface area contributed by atoms with Gasteiger partial charge in [-0.05, 0) is 36.2 Å². The summed E-state index contributed by atoms with van der Waals surface area (Å²) in [4.78, 5) is 4.41. The van der Waals surface area contributed by atoms with E-state index in [1.807, 2.05) is 36.5 Å². The molecular formula is C18H18N2O. The molecule has 3 nitrogen and oxygen atoms in total. The highest BCUT2D eigenvalue weighted by molar-refractivity contribution is 5.93. The van der Waals surface area contributed by atoms with Crippen molar-refractivity contribution in [3.8, 4) is 5.75 Å². The minimum absolute atomic E-state index is 0.820. The molecule has 106 valence electrons. The monoisotopic (exact) mass is 278 g/mol. The number of aromatic nitrogens is 1. The fourth-order valence-electron chi connectivity index (χ4n) is 2.46. The zero-order valence-corrected chi connectivity index (χ0v) is 12.3. The van der Waals surface area contributed by atoms with Crippen LogP contribution >= 0.6 is 0 Å². The van der Waals surface area contributed by atoms with Crippen molar-refractivity contribution < 1.29 is 4.74 Å². The van der Waals surface area contributed by atoms with E-state index in [0.29, 0.717) is 0 Å². The van der Waals surface area contributed by atoms with E-state index < -0.39 is 0 Å². The van der Waals surface area contributed by atoms with Gasteiger partial charge in [0.15, 0.2) is 0 Å². The maximum atomic E-state index is 5.26. The second kappa shape index (κ2) is 5.83. The number of methoxy groups -OCH3 is 1. The third kappa shape index (κ3) is 2.68. The largest absolute Gasteiger partial charge is 0.497 e. The van der Waals surface area contributed by atoms with Gasteiger partial charge in [0.1, 0.15) is 5.75 Å². The van der Waals surface area contributed by atoms with E-state index in [-0.39, 0.29) is 0 Å². The van der Waals surface area contributed by atoms with Crippen LogP contribution in [0.4, 0.5) is 11.4 Å². The van der Waals surface area contributed by atoms with Crippen molar-refractivity contribution in [1.82, 2.24) is 4.98 Å². The van der Waals surface area contributed by atoms with E-state index in [0.717, 1.165) is 34.4 Å². The SMILES string of the molecule is CCc1ccccc1Nc1ccnc2cc(OC)ccc12. The van der Waals surface area contributed by atoms with Crippen molar-refractivity contribution in [2.24, 2.45) is 0 Å². The number of anilines is 2. The van der Waals surface area contributed by atoms with Crippen molar-refractivity contribution >= 4 is 22.3 Å². The Hall–Kier alpha value is -2.55. The Bertz CT molecular complexity index is 768. The first-order chi connectivity index (χ1) is 10.3. The van der Waals surface area contributed by atoms with Crippen LogP contribution in [0.15, 0.2) is 54.7 Å².